The summed E-state index contributed by atoms with van der Waals surface area (Å²) in [5.41, 5.74) is 1.17. The smallest absolute Gasteiger partial charge is 0.335 e. The largest absolute Gasteiger partial charge is 0.478 e. The minimum atomic E-state index is -1.06. The van der Waals surface area contributed by atoms with E-state index < -0.39 is 12.0 Å². The van der Waals surface area contributed by atoms with Crippen molar-refractivity contribution >= 4 is 11.9 Å². The number of carbonyl (C=O) groups is 1. The minimum Gasteiger partial charge on any atom is -0.478 e. The van der Waals surface area contributed by atoms with Gasteiger partial charge in [0.05, 0.1) is 18.1 Å². The number of carboxylic acid groups (broad SMARTS) is 1. The number of nitrogens with one attached hydrogen (secondary N) is 2. The number of allylic oxidation sites excluding steroid dienone is 1. The van der Waals surface area contributed by atoms with E-state index in [2.05, 4.69) is 15.6 Å². The number of hydrogen-bond donors (Lipinski definition) is 3. The highest BCUT2D eigenvalue weighted by atomic mass is 16.4. The summed E-state index contributed by atoms with van der Waals surface area (Å²) in [6.07, 6.45) is 4.60. The molecule has 1 aromatic heterocycles. The molecule has 0 spiro atoms. The lowest BCUT2D eigenvalue weighted by atomic mass is 9.99. The van der Waals surface area contributed by atoms with Gasteiger partial charge in [0.15, 0.2) is 6.19 Å². The first-order valence-corrected chi connectivity index (χ1v) is 5.09. The van der Waals surface area contributed by atoms with Gasteiger partial charge in [0.1, 0.15) is 6.04 Å². The zero-order valence-electron chi connectivity index (χ0n) is 9.47. The summed E-state index contributed by atoms with van der Waals surface area (Å²) in [5.74, 6) is -0.850. The highest BCUT2D eigenvalue weighted by Crippen LogP contribution is 2.30. The molecule has 92 valence electrons. The van der Waals surface area contributed by atoms with Crippen molar-refractivity contribution in [3.8, 4) is 6.19 Å². The highest BCUT2D eigenvalue weighted by molar-refractivity contribution is 5.94. The van der Waals surface area contributed by atoms with Gasteiger partial charge >= 0.3 is 5.97 Å². The van der Waals surface area contributed by atoms with Gasteiger partial charge in [-0.1, -0.05) is 0 Å². The van der Waals surface area contributed by atoms with E-state index in [-0.39, 0.29) is 11.5 Å². The number of furan rings is 1. The molecule has 1 atom stereocenters. The Bertz CT molecular complexity index is 566. The Balaban J connectivity index is 2.44. The summed E-state index contributed by atoms with van der Waals surface area (Å²) in [6, 6.07) is 0.943. The molecule has 0 saturated carbocycles. The summed E-state index contributed by atoms with van der Waals surface area (Å²) in [6.45, 7) is 1.62. The Labute approximate surface area is 102 Å². The summed E-state index contributed by atoms with van der Waals surface area (Å²) in [7, 11) is 0. The summed E-state index contributed by atoms with van der Waals surface area (Å²) < 4.78 is 4.94. The maximum atomic E-state index is 11.3. The van der Waals surface area contributed by atoms with Crippen LogP contribution in [0.15, 0.2) is 39.3 Å². The summed E-state index contributed by atoms with van der Waals surface area (Å²) in [5, 5.41) is 22.9. The molecule has 3 N–H and O–H groups in total. The average Bonchev–Trinajstić information content (AvgIpc) is 2.81. The second kappa shape index (κ2) is 4.63. The SMILES string of the molecule is CC1=C(C(=O)O)[C@H](c2ccoc2)N=C(NC#N)N1. The standard InChI is InChI=1S/C11H10N4O3/c1-6-8(10(16)17)9(7-2-3-18-4-7)15-11(14-6)13-5-12/h2-4,9H,1H3,(H,16,17)(H2,13,14,15)/t9-/m0/s1. The molecule has 0 bridgehead atoms. The first-order valence-electron chi connectivity index (χ1n) is 5.09. The molecule has 1 aliphatic rings. The third-order valence-electron chi connectivity index (χ3n) is 2.51. The molecule has 1 aliphatic heterocycles. The fourth-order valence-electron chi connectivity index (χ4n) is 1.74. The molecule has 0 unspecified atom stereocenters. The lowest BCUT2D eigenvalue weighted by Crippen LogP contribution is -2.38. The molecule has 0 amide bonds. The van der Waals surface area contributed by atoms with Gasteiger partial charge in [-0.2, -0.15) is 5.26 Å². The van der Waals surface area contributed by atoms with E-state index in [1.54, 1.807) is 19.2 Å². The number of nitrogens with zero attached hydrogens (tertiary/aromatic N) is 2. The average molecular weight is 246 g/mol. The molecule has 7 heteroatoms. The summed E-state index contributed by atoms with van der Waals surface area (Å²) in [4.78, 5) is 15.4. The van der Waals surface area contributed by atoms with Crippen LogP contribution in [0.3, 0.4) is 0 Å². The Morgan fingerprint density at radius 3 is 3.06 bits per heavy atom. The van der Waals surface area contributed by atoms with E-state index in [0.29, 0.717) is 11.3 Å². The zero-order valence-corrected chi connectivity index (χ0v) is 9.47. The van der Waals surface area contributed by atoms with Crippen LogP contribution < -0.4 is 10.6 Å². The van der Waals surface area contributed by atoms with Gasteiger partial charge in [-0.05, 0) is 13.0 Å². The molecule has 0 saturated heterocycles. The van der Waals surface area contributed by atoms with Gasteiger partial charge < -0.3 is 14.8 Å². The molecule has 1 aromatic rings. The number of hydrogen-bond acceptors (Lipinski definition) is 6. The number of rotatable bonds is 2. The van der Waals surface area contributed by atoms with Crippen molar-refractivity contribution in [1.82, 2.24) is 10.6 Å². The van der Waals surface area contributed by atoms with Gasteiger partial charge in [0, 0.05) is 11.3 Å². The Kier molecular flexibility index (Phi) is 3.02. The topological polar surface area (TPSA) is 111 Å². The maximum absolute atomic E-state index is 11.3. The maximum Gasteiger partial charge on any atom is 0.335 e. The molecule has 0 fully saturated rings. The van der Waals surface area contributed by atoms with Gasteiger partial charge in [0.25, 0.3) is 0 Å². The molecule has 0 radical (unpaired) electrons. The van der Waals surface area contributed by atoms with E-state index in [0.717, 1.165) is 0 Å². The third kappa shape index (κ3) is 2.04. The minimum absolute atomic E-state index is 0.125. The third-order valence-corrected chi connectivity index (χ3v) is 2.51. The molecular weight excluding hydrogens is 236 g/mol. The number of aliphatic carboxylic acids is 1. The predicted molar refractivity (Wildman–Crippen MR) is 61.1 cm³/mol. The van der Waals surface area contributed by atoms with Crippen LogP contribution in [0.2, 0.25) is 0 Å². The van der Waals surface area contributed by atoms with E-state index >= 15 is 0 Å². The van der Waals surface area contributed by atoms with Crippen LogP contribution in [0.1, 0.15) is 18.5 Å². The monoisotopic (exact) mass is 246 g/mol. The molecule has 7 nitrogen and oxygen atoms in total. The molecule has 0 aliphatic carbocycles. The Morgan fingerprint density at radius 1 is 1.72 bits per heavy atom. The van der Waals surface area contributed by atoms with Crippen LogP contribution in [0.5, 0.6) is 0 Å². The van der Waals surface area contributed by atoms with E-state index in [1.165, 1.54) is 12.5 Å². The van der Waals surface area contributed by atoms with E-state index in [4.69, 9.17) is 9.68 Å². The van der Waals surface area contributed by atoms with Crippen molar-refractivity contribution in [2.45, 2.75) is 13.0 Å². The number of nitriles is 1. The van der Waals surface area contributed by atoms with Crippen molar-refractivity contribution in [3.05, 3.63) is 35.4 Å². The normalized spacial score (nSPS) is 18.7. The van der Waals surface area contributed by atoms with E-state index in [9.17, 15) is 9.90 Å². The van der Waals surface area contributed by atoms with Crippen LogP contribution in [-0.4, -0.2) is 17.0 Å². The lowest BCUT2D eigenvalue weighted by molar-refractivity contribution is -0.133. The van der Waals surface area contributed by atoms with Gasteiger partial charge in [-0.25, -0.2) is 9.79 Å². The fraction of sp³-hybridized carbons (Fsp3) is 0.182. The van der Waals surface area contributed by atoms with Crippen molar-refractivity contribution in [3.63, 3.8) is 0 Å². The van der Waals surface area contributed by atoms with Crippen LogP contribution in [0.4, 0.5) is 0 Å². The molecule has 2 heterocycles. The fourth-order valence-corrected chi connectivity index (χ4v) is 1.74. The molecule has 18 heavy (non-hydrogen) atoms. The van der Waals surface area contributed by atoms with Gasteiger partial charge in [-0.15, -0.1) is 0 Å². The van der Waals surface area contributed by atoms with Crippen LogP contribution >= 0.6 is 0 Å². The first-order chi connectivity index (χ1) is 8.63. The quantitative estimate of drug-likeness (QED) is 0.523. The number of aliphatic imine (C=N–C) groups is 1. The van der Waals surface area contributed by atoms with Gasteiger partial charge in [-0.3, -0.25) is 5.32 Å². The van der Waals surface area contributed by atoms with Gasteiger partial charge in [0.2, 0.25) is 5.96 Å². The number of guanidine groups is 1. The second-order valence-electron chi connectivity index (χ2n) is 3.64. The second-order valence-corrected chi connectivity index (χ2v) is 3.64. The molecule has 0 aromatic carbocycles. The van der Waals surface area contributed by atoms with Crippen molar-refractivity contribution in [1.29, 1.82) is 5.26 Å². The first kappa shape index (κ1) is 11.7. The zero-order chi connectivity index (χ0) is 13.1. The Hall–Kier alpha value is -2.75. The van der Waals surface area contributed by atoms with Crippen LogP contribution in [-0.2, 0) is 4.79 Å². The van der Waals surface area contributed by atoms with Crippen molar-refractivity contribution < 1.29 is 14.3 Å². The highest BCUT2D eigenvalue weighted by Gasteiger charge is 2.29. The predicted octanol–water partition coefficient (Wildman–Crippen LogP) is 0.709. The van der Waals surface area contributed by atoms with Crippen LogP contribution in [0, 0.1) is 11.5 Å². The number of carboxylic acids is 1. The van der Waals surface area contributed by atoms with Crippen molar-refractivity contribution in [2.75, 3.05) is 0 Å². The van der Waals surface area contributed by atoms with Crippen LogP contribution in [0.25, 0.3) is 0 Å². The van der Waals surface area contributed by atoms with E-state index in [1.807, 2.05) is 0 Å². The summed E-state index contributed by atoms with van der Waals surface area (Å²) >= 11 is 0. The lowest BCUT2D eigenvalue weighted by Gasteiger charge is -2.22. The Morgan fingerprint density at radius 2 is 2.50 bits per heavy atom. The molecule has 2 rings (SSSR count). The van der Waals surface area contributed by atoms with Crippen molar-refractivity contribution in [2.24, 2.45) is 4.99 Å². The molecular formula is C11H10N4O3.